The van der Waals surface area contributed by atoms with Crippen LogP contribution in [-0.2, 0) is 10.0 Å². The minimum absolute atomic E-state index is 0.112. The van der Waals surface area contributed by atoms with Gasteiger partial charge in [0.1, 0.15) is 4.90 Å². The Hall–Kier alpha value is -0.690. The highest BCUT2D eigenvalue weighted by Crippen LogP contribution is 2.32. The molecule has 1 fully saturated rings. The maximum atomic E-state index is 13.6. The van der Waals surface area contributed by atoms with Crippen molar-refractivity contribution < 1.29 is 17.9 Å². The van der Waals surface area contributed by atoms with E-state index in [9.17, 15) is 17.9 Å². The number of hydrogen-bond donors (Lipinski definition) is 2. The summed E-state index contributed by atoms with van der Waals surface area (Å²) in [6, 6.07) is 3.76. The molecule has 0 saturated heterocycles. The Kier molecular flexibility index (Phi) is 3.91. The number of halogens is 2. The Balaban J connectivity index is 2.12. The Bertz CT molecular complexity index is 545. The zero-order valence-corrected chi connectivity index (χ0v) is 11.0. The van der Waals surface area contributed by atoms with E-state index in [-0.39, 0.29) is 17.5 Å². The summed E-state index contributed by atoms with van der Waals surface area (Å²) >= 11 is 5.53. The van der Waals surface area contributed by atoms with Crippen molar-refractivity contribution in [3.63, 3.8) is 0 Å². The van der Waals surface area contributed by atoms with Gasteiger partial charge < -0.3 is 5.11 Å². The molecule has 0 heterocycles. The Morgan fingerprint density at radius 2 is 2.17 bits per heavy atom. The van der Waals surface area contributed by atoms with E-state index in [0.717, 1.165) is 18.9 Å². The third-order valence-electron chi connectivity index (χ3n) is 2.85. The van der Waals surface area contributed by atoms with E-state index in [2.05, 4.69) is 4.72 Å². The van der Waals surface area contributed by atoms with Crippen LogP contribution in [0.5, 0.6) is 0 Å². The highest BCUT2D eigenvalue weighted by molar-refractivity contribution is 7.89. The lowest BCUT2D eigenvalue weighted by Gasteiger charge is -2.12. The fourth-order valence-corrected chi connectivity index (χ4v) is 2.99. The zero-order chi connectivity index (χ0) is 13.3. The molecule has 2 rings (SSSR count). The van der Waals surface area contributed by atoms with E-state index in [0.29, 0.717) is 0 Å². The molecule has 0 bridgehead atoms. The van der Waals surface area contributed by atoms with Crippen LogP contribution in [0, 0.1) is 11.7 Å². The Morgan fingerprint density at radius 1 is 1.50 bits per heavy atom. The normalized spacial score (nSPS) is 17.7. The molecule has 1 aromatic carbocycles. The van der Waals surface area contributed by atoms with Gasteiger partial charge in [-0.2, -0.15) is 0 Å². The monoisotopic (exact) mass is 293 g/mol. The predicted octanol–water partition coefficient (Wildman–Crippen LogP) is 1.53. The van der Waals surface area contributed by atoms with Crippen LogP contribution >= 0.6 is 11.6 Å². The van der Waals surface area contributed by atoms with Crippen molar-refractivity contribution in [2.24, 2.45) is 5.92 Å². The summed E-state index contributed by atoms with van der Waals surface area (Å²) < 4.78 is 39.4. The van der Waals surface area contributed by atoms with E-state index >= 15 is 0 Å². The van der Waals surface area contributed by atoms with Crippen molar-refractivity contribution in [1.29, 1.82) is 0 Å². The molecule has 0 aliphatic heterocycles. The molecular weight excluding hydrogens is 281 g/mol. The standard InChI is InChI=1S/C11H13ClFNO3S/c12-8-2-1-3-10(11(8)13)18(16,17)14-6-9(15)7-4-5-7/h1-3,7,9,14-15H,4-6H2. The topological polar surface area (TPSA) is 66.4 Å². The quantitative estimate of drug-likeness (QED) is 0.865. The lowest BCUT2D eigenvalue weighted by molar-refractivity contribution is 0.155. The molecule has 1 aliphatic rings. The second-order valence-corrected chi connectivity index (χ2v) is 6.45. The van der Waals surface area contributed by atoms with Gasteiger partial charge >= 0.3 is 0 Å². The molecule has 1 aromatic rings. The first-order chi connectivity index (χ1) is 8.42. The molecule has 2 N–H and O–H groups in total. The van der Waals surface area contributed by atoms with E-state index in [4.69, 9.17) is 11.6 Å². The van der Waals surface area contributed by atoms with Crippen LogP contribution in [0.15, 0.2) is 23.1 Å². The van der Waals surface area contributed by atoms with Gasteiger partial charge in [0.2, 0.25) is 10.0 Å². The third kappa shape index (κ3) is 3.00. The van der Waals surface area contributed by atoms with Crippen molar-refractivity contribution in [2.45, 2.75) is 23.8 Å². The van der Waals surface area contributed by atoms with Crippen LogP contribution in [0.1, 0.15) is 12.8 Å². The predicted molar refractivity (Wildman–Crippen MR) is 65.3 cm³/mol. The molecule has 0 spiro atoms. The van der Waals surface area contributed by atoms with Gasteiger partial charge in [0.05, 0.1) is 11.1 Å². The second-order valence-electron chi connectivity index (χ2n) is 4.31. The summed E-state index contributed by atoms with van der Waals surface area (Å²) in [7, 11) is -3.98. The summed E-state index contributed by atoms with van der Waals surface area (Å²) in [6.45, 7) is -0.112. The van der Waals surface area contributed by atoms with Gasteiger partial charge in [-0.05, 0) is 30.9 Å². The minimum atomic E-state index is -3.98. The number of rotatable bonds is 5. The van der Waals surface area contributed by atoms with E-state index < -0.39 is 26.8 Å². The first-order valence-electron chi connectivity index (χ1n) is 5.53. The molecule has 1 atom stereocenters. The van der Waals surface area contributed by atoms with Crippen molar-refractivity contribution >= 4 is 21.6 Å². The van der Waals surface area contributed by atoms with E-state index in [1.807, 2.05) is 0 Å². The smallest absolute Gasteiger partial charge is 0.243 e. The third-order valence-corrected chi connectivity index (χ3v) is 4.59. The van der Waals surface area contributed by atoms with Crippen LogP contribution < -0.4 is 4.72 Å². The molecule has 1 saturated carbocycles. The molecule has 18 heavy (non-hydrogen) atoms. The Morgan fingerprint density at radius 3 is 2.78 bits per heavy atom. The van der Waals surface area contributed by atoms with Gasteiger partial charge in [-0.3, -0.25) is 0 Å². The van der Waals surface area contributed by atoms with Crippen molar-refractivity contribution in [3.8, 4) is 0 Å². The average molecular weight is 294 g/mol. The molecule has 1 unspecified atom stereocenters. The summed E-state index contributed by atoms with van der Waals surface area (Å²) in [4.78, 5) is -0.502. The summed E-state index contributed by atoms with van der Waals surface area (Å²) in [5, 5.41) is 9.33. The molecule has 0 amide bonds. The molecule has 100 valence electrons. The first kappa shape index (κ1) is 13.7. The van der Waals surface area contributed by atoms with E-state index in [1.165, 1.54) is 12.1 Å². The van der Waals surface area contributed by atoms with Gasteiger partial charge in [0.25, 0.3) is 0 Å². The number of aliphatic hydroxyl groups is 1. The van der Waals surface area contributed by atoms with Crippen LogP contribution in [0.25, 0.3) is 0 Å². The van der Waals surface area contributed by atoms with Gasteiger partial charge in [-0.1, -0.05) is 17.7 Å². The molecule has 4 nitrogen and oxygen atoms in total. The Labute approximate surface area is 110 Å². The van der Waals surface area contributed by atoms with Gasteiger partial charge in [0, 0.05) is 6.54 Å². The second kappa shape index (κ2) is 5.13. The molecule has 0 aromatic heterocycles. The number of nitrogens with one attached hydrogen (secondary N) is 1. The fraction of sp³-hybridized carbons (Fsp3) is 0.455. The highest BCUT2D eigenvalue weighted by atomic mass is 35.5. The maximum Gasteiger partial charge on any atom is 0.243 e. The minimum Gasteiger partial charge on any atom is -0.391 e. The summed E-state index contributed by atoms with van der Waals surface area (Å²) in [5.74, 6) is -0.829. The van der Waals surface area contributed by atoms with E-state index in [1.54, 1.807) is 0 Å². The summed E-state index contributed by atoms with van der Waals surface area (Å²) in [5.41, 5.74) is 0. The molecule has 1 aliphatic carbocycles. The first-order valence-corrected chi connectivity index (χ1v) is 7.39. The average Bonchev–Trinajstić information content (AvgIpc) is 3.13. The van der Waals surface area contributed by atoms with Crippen LogP contribution in [0.3, 0.4) is 0 Å². The van der Waals surface area contributed by atoms with Gasteiger partial charge in [-0.15, -0.1) is 0 Å². The molecule has 7 heteroatoms. The number of sulfonamides is 1. The lowest BCUT2D eigenvalue weighted by Crippen LogP contribution is -2.33. The largest absolute Gasteiger partial charge is 0.391 e. The van der Waals surface area contributed by atoms with Crippen molar-refractivity contribution in [2.75, 3.05) is 6.54 Å². The lowest BCUT2D eigenvalue weighted by atomic mass is 10.2. The maximum absolute atomic E-state index is 13.6. The van der Waals surface area contributed by atoms with Crippen molar-refractivity contribution in [3.05, 3.63) is 29.0 Å². The summed E-state index contributed by atoms with van der Waals surface area (Å²) in [6.07, 6.45) is 1.07. The number of aliphatic hydroxyl groups excluding tert-OH is 1. The van der Waals surface area contributed by atoms with Crippen LogP contribution in [0.2, 0.25) is 5.02 Å². The molecule has 0 radical (unpaired) electrons. The van der Waals surface area contributed by atoms with Crippen molar-refractivity contribution in [1.82, 2.24) is 4.72 Å². The zero-order valence-electron chi connectivity index (χ0n) is 9.44. The van der Waals surface area contributed by atoms with Crippen LogP contribution in [0.4, 0.5) is 4.39 Å². The van der Waals surface area contributed by atoms with Crippen LogP contribution in [-0.4, -0.2) is 26.2 Å². The number of hydrogen-bond acceptors (Lipinski definition) is 3. The van der Waals surface area contributed by atoms with Gasteiger partial charge in [0.15, 0.2) is 5.82 Å². The highest BCUT2D eigenvalue weighted by Gasteiger charge is 2.31. The molecular formula is C11H13ClFNO3S. The fourth-order valence-electron chi connectivity index (χ4n) is 1.61. The SMILES string of the molecule is O=S(=O)(NCC(O)C1CC1)c1cccc(Cl)c1F. The number of benzene rings is 1. The van der Waals surface area contributed by atoms with Gasteiger partial charge in [-0.25, -0.2) is 17.5 Å².